The summed E-state index contributed by atoms with van der Waals surface area (Å²) in [5.74, 6) is 2.47. The van der Waals surface area contributed by atoms with E-state index in [0.717, 1.165) is 6.54 Å². The van der Waals surface area contributed by atoms with Gasteiger partial charge < -0.3 is 5.32 Å². The zero-order chi connectivity index (χ0) is 14.1. The third-order valence-corrected chi connectivity index (χ3v) is 4.65. The Labute approximate surface area is 123 Å². The summed E-state index contributed by atoms with van der Waals surface area (Å²) in [6.45, 7) is 9.99. The van der Waals surface area contributed by atoms with Crippen LogP contribution in [0.3, 0.4) is 0 Å². The summed E-state index contributed by atoms with van der Waals surface area (Å²) in [5.41, 5.74) is 4.23. The molecule has 0 saturated carbocycles. The van der Waals surface area contributed by atoms with E-state index in [4.69, 9.17) is 0 Å². The zero-order valence-electron chi connectivity index (χ0n) is 13.0. The van der Waals surface area contributed by atoms with Gasteiger partial charge in [0.1, 0.15) is 0 Å². The monoisotopic (exact) mass is 279 g/mol. The summed E-state index contributed by atoms with van der Waals surface area (Å²) in [5, 5.41) is 3.69. The van der Waals surface area contributed by atoms with E-state index in [1.54, 1.807) is 0 Å². The van der Waals surface area contributed by atoms with Crippen molar-refractivity contribution in [2.45, 2.75) is 53.0 Å². The Morgan fingerprint density at radius 1 is 1.11 bits per heavy atom. The summed E-state index contributed by atoms with van der Waals surface area (Å²) in [7, 11) is 0. The van der Waals surface area contributed by atoms with Crippen molar-refractivity contribution in [1.82, 2.24) is 5.32 Å². The number of rotatable bonds is 9. The summed E-state index contributed by atoms with van der Waals surface area (Å²) in [6.07, 6.45) is 3.82. The quantitative estimate of drug-likeness (QED) is 0.647. The first-order valence-corrected chi connectivity index (χ1v) is 8.72. The van der Waals surface area contributed by atoms with E-state index in [1.807, 2.05) is 0 Å². The molecule has 1 aromatic rings. The van der Waals surface area contributed by atoms with Crippen LogP contribution in [0.4, 0.5) is 0 Å². The average molecular weight is 279 g/mol. The summed E-state index contributed by atoms with van der Waals surface area (Å²) >= 11 is 2.08. The number of aryl methyl sites for hydroxylation is 2. The fourth-order valence-electron chi connectivity index (χ4n) is 2.02. The molecule has 1 aromatic carbocycles. The topological polar surface area (TPSA) is 12.0 Å². The Morgan fingerprint density at radius 3 is 2.53 bits per heavy atom. The van der Waals surface area contributed by atoms with Crippen molar-refractivity contribution in [2.24, 2.45) is 0 Å². The van der Waals surface area contributed by atoms with Gasteiger partial charge in [0.2, 0.25) is 0 Å². The Bertz CT molecular complexity index is 362. The van der Waals surface area contributed by atoms with E-state index in [0.29, 0.717) is 6.04 Å². The molecule has 0 bridgehead atoms. The molecule has 1 nitrogen and oxygen atoms in total. The van der Waals surface area contributed by atoms with E-state index >= 15 is 0 Å². The molecular weight excluding hydrogens is 250 g/mol. The van der Waals surface area contributed by atoms with Crippen LogP contribution < -0.4 is 5.32 Å². The second kappa shape index (κ2) is 9.44. The Kier molecular flexibility index (Phi) is 8.24. The molecule has 0 aromatic heterocycles. The minimum Gasteiger partial charge on any atom is -0.309 e. The van der Waals surface area contributed by atoms with Gasteiger partial charge in [0.15, 0.2) is 0 Å². The van der Waals surface area contributed by atoms with E-state index in [-0.39, 0.29) is 0 Å². The number of hydrogen-bond acceptors (Lipinski definition) is 2. The average Bonchev–Trinajstić information content (AvgIpc) is 2.41. The van der Waals surface area contributed by atoms with Gasteiger partial charge in [0.25, 0.3) is 0 Å². The smallest absolute Gasteiger partial charge is 0.0411 e. The number of unbranched alkanes of at least 4 members (excludes halogenated alkanes) is 1. The summed E-state index contributed by atoms with van der Waals surface area (Å²) in [4.78, 5) is 0. The van der Waals surface area contributed by atoms with Gasteiger partial charge in [0.05, 0.1) is 0 Å². The van der Waals surface area contributed by atoms with Crippen LogP contribution in [0.25, 0.3) is 0 Å². The minimum absolute atomic E-state index is 0.501. The number of hydrogen-bond donors (Lipinski definition) is 1. The summed E-state index contributed by atoms with van der Waals surface area (Å²) in [6, 6.07) is 7.39. The highest BCUT2D eigenvalue weighted by molar-refractivity contribution is 7.99. The molecule has 0 aliphatic carbocycles. The SMILES string of the molecule is CCCCSCC(NCCC)c1ccc(C)c(C)c1. The fraction of sp³-hybridized carbons (Fsp3) is 0.647. The van der Waals surface area contributed by atoms with Crippen molar-refractivity contribution in [1.29, 1.82) is 0 Å². The van der Waals surface area contributed by atoms with Crippen LogP contribution in [0, 0.1) is 13.8 Å². The van der Waals surface area contributed by atoms with E-state index in [9.17, 15) is 0 Å². The second-order valence-electron chi connectivity index (χ2n) is 5.28. The molecule has 0 aliphatic heterocycles. The predicted octanol–water partition coefficient (Wildman–Crippen LogP) is 4.88. The fourth-order valence-corrected chi connectivity index (χ4v) is 3.23. The van der Waals surface area contributed by atoms with Gasteiger partial charge in [-0.2, -0.15) is 11.8 Å². The normalized spacial score (nSPS) is 12.6. The summed E-state index contributed by atoms with van der Waals surface area (Å²) < 4.78 is 0. The van der Waals surface area contributed by atoms with Gasteiger partial charge in [-0.15, -0.1) is 0 Å². The lowest BCUT2D eigenvalue weighted by Gasteiger charge is -2.20. The van der Waals surface area contributed by atoms with Gasteiger partial charge in [0, 0.05) is 11.8 Å². The molecule has 0 fully saturated rings. The molecule has 108 valence electrons. The highest BCUT2D eigenvalue weighted by Crippen LogP contribution is 2.21. The first-order valence-electron chi connectivity index (χ1n) is 7.57. The minimum atomic E-state index is 0.501. The van der Waals surface area contributed by atoms with Crippen molar-refractivity contribution in [3.8, 4) is 0 Å². The largest absolute Gasteiger partial charge is 0.309 e. The van der Waals surface area contributed by atoms with Gasteiger partial charge in [-0.1, -0.05) is 38.5 Å². The molecule has 0 saturated heterocycles. The van der Waals surface area contributed by atoms with Crippen LogP contribution >= 0.6 is 11.8 Å². The lowest BCUT2D eigenvalue weighted by atomic mass is 10.0. The van der Waals surface area contributed by atoms with E-state index < -0.39 is 0 Å². The van der Waals surface area contributed by atoms with Crippen molar-refractivity contribution >= 4 is 11.8 Å². The zero-order valence-corrected chi connectivity index (χ0v) is 13.8. The second-order valence-corrected chi connectivity index (χ2v) is 6.43. The Morgan fingerprint density at radius 2 is 1.89 bits per heavy atom. The maximum atomic E-state index is 3.69. The molecule has 2 heteroatoms. The first kappa shape index (κ1) is 16.6. The van der Waals surface area contributed by atoms with Crippen molar-refractivity contribution in [3.05, 3.63) is 34.9 Å². The number of thioether (sulfide) groups is 1. The van der Waals surface area contributed by atoms with Crippen LogP contribution in [0.2, 0.25) is 0 Å². The molecule has 0 heterocycles. The van der Waals surface area contributed by atoms with Gasteiger partial charge >= 0.3 is 0 Å². The van der Waals surface area contributed by atoms with Gasteiger partial charge in [-0.25, -0.2) is 0 Å². The molecule has 0 spiro atoms. The van der Waals surface area contributed by atoms with Crippen LogP contribution in [0.15, 0.2) is 18.2 Å². The lowest BCUT2D eigenvalue weighted by molar-refractivity contribution is 0.577. The molecule has 1 unspecified atom stereocenters. The van der Waals surface area contributed by atoms with Gasteiger partial charge in [-0.3, -0.25) is 0 Å². The molecule has 1 rings (SSSR count). The van der Waals surface area contributed by atoms with E-state index in [1.165, 1.54) is 47.5 Å². The molecule has 1 atom stereocenters. The first-order chi connectivity index (χ1) is 9.19. The third-order valence-electron chi connectivity index (χ3n) is 3.50. The van der Waals surface area contributed by atoms with Crippen molar-refractivity contribution < 1.29 is 0 Å². The maximum absolute atomic E-state index is 3.69. The number of benzene rings is 1. The van der Waals surface area contributed by atoms with Crippen molar-refractivity contribution in [2.75, 3.05) is 18.1 Å². The predicted molar refractivity (Wildman–Crippen MR) is 89.2 cm³/mol. The van der Waals surface area contributed by atoms with E-state index in [2.05, 4.69) is 63.0 Å². The Balaban J connectivity index is 2.63. The highest BCUT2D eigenvalue weighted by Gasteiger charge is 2.11. The van der Waals surface area contributed by atoms with Crippen LogP contribution in [-0.2, 0) is 0 Å². The molecule has 0 amide bonds. The van der Waals surface area contributed by atoms with Crippen LogP contribution in [0.5, 0.6) is 0 Å². The van der Waals surface area contributed by atoms with Gasteiger partial charge in [-0.05, 0) is 55.7 Å². The molecule has 0 aliphatic rings. The van der Waals surface area contributed by atoms with Crippen LogP contribution in [0.1, 0.15) is 55.8 Å². The molecule has 0 radical (unpaired) electrons. The lowest BCUT2D eigenvalue weighted by Crippen LogP contribution is -2.24. The molecular formula is C17H29NS. The molecule has 19 heavy (non-hydrogen) atoms. The van der Waals surface area contributed by atoms with Crippen molar-refractivity contribution in [3.63, 3.8) is 0 Å². The highest BCUT2D eigenvalue weighted by atomic mass is 32.2. The standard InChI is InChI=1S/C17H29NS/c1-5-7-11-19-13-17(18-10-6-2)16-9-8-14(3)15(4)12-16/h8-9,12,17-18H,5-7,10-11,13H2,1-4H3. The number of nitrogens with one attached hydrogen (secondary N) is 1. The third kappa shape index (κ3) is 6.01. The maximum Gasteiger partial charge on any atom is 0.0411 e. The Hall–Kier alpha value is -0.470. The van der Waals surface area contributed by atoms with Crippen LogP contribution in [-0.4, -0.2) is 18.1 Å². The molecule has 1 N–H and O–H groups in total.